The van der Waals surface area contributed by atoms with Crippen molar-refractivity contribution >= 4 is 17.3 Å². The van der Waals surface area contributed by atoms with Gasteiger partial charge in [0.1, 0.15) is 30.6 Å². The normalized spacial score (nSPS) is 31.5. The molecule has 2 aromatic rings. The number of nitrogen functional groups attached to an aromatic ring is 1. The van der Waals surface area contributed by atoms with E-state index in [0.717, 1.165) is 31.6 Å². The SMILES string of the molecule is CC1CCC(CC(=O)OCC2C[C@@H](O)[C@](C#N)(c3ccc4c(N)ncnn34)O2)CC1. The lowest BCUT2D eigenvalue weighted by Crippen LogP contribution is -2.36. The number of aliphatic hydroxyl groups is 1. The van der Waals surface area contributed by atoms with Gasteiger partial charge in [-0.1, -0.05) is 19.8 Å². The van der Waals surface area contributed by atoms with Crippen LogP contribution in [0.15, 0.2) is 18.5 Å². The summed E-state index contributed by atoms with van der Waals surface area (Å²) in [6, 6.07) is 5.42. The Labute approximate surface area is 174 Å². The quantitative estimate of drug-likeness (QED) is 0.710. The highest BCUT2D eigenvalue weighted by Crippen LogP contribution is 2.40. The van der Waals surface area contributed by atoms with Gasteiger partial charge in [-0.3, -0.25) is 4.79 Å². The molecule has 0 aromatic carbocycles. The summed E-state index contributed by atoms with van der Waals surface area (Å²) in [5, 5.41) is 24.7. The zero-order valence-electron chi connectivity index (χ0n) is 17.0. The van der Waals surface area contributed by atoms with E-state index in [-0.39, 0.29) is 24.8 Å². The molecule has 0 spiro atoms. The molecule has 1 aliphatic heterocycles. The van der Waals surface area contributed by atoms with E-state index < -0.39 is 17.8 Å². The first-order valence-corrected chi connectivity index (χ1v) is 10.4. The number of anilines is 1. The van der Waals surface area contributed by atoms with Crippen LogP contribution in [-0.2, 0) is 19.9 Å². The number of nitrogens with zero attached hydrogens (tertiary/aromatic N) is 4. The number of aliphatic hydroxyl groups excluding tert-OH is 1. The van der Waals surface area contributed by atoms with Gasteiger partial charge in [0.05, 0.1) is 11.8 Å². The van der Waals surface area contributed by atoms with Crippen molar-refractivity contribution in [3.63, 3.8) is 0 Å². The number of aromatic nitrogens is 3. The van der Waals surface area contributed by atoms with Gasteiger partial charge in [0, 0.05) is 12.8 Å². The fourth-order valence-corrected chi connectivity index (χ4v) is 4.54. The Morgan fingerprint density at radius 1 is 1.43 bits per heavy atom. The van der Waals surface area contributed by atoms with Gasteiger partial charge < -0.3 is 20.3 Å². The first kappa shape index (κ1) is 20.6. The van der Waals surface area contributed by atoms with Crippen LogP contribution in [0.25, 0.3) is 5.52 Å². The first-order chi connectivity index (χ1) is 14.4. The smallest absolute Gasteiger partial charge is 0.306 e. The second-order valence-corrected chi connectivity index (χ2v) is 8.51. The van der Waals surface area contributed by atoms with Crippen LogP contribution in [-0.4, -0.2) is 44.5 Å². The largest absolute Gasteiger partial charge is 0.463 e. The fourth-order valence-electron chi connectivity index (χ4n) is 4.54. The average molecular weight is 413 g/mol. The van der Waals surface area contributed by atoms with Crippen molar-refractivity contribution in [2.45, 2.75) is 63.3 Å². The Bertz CT molecular complexity index is 962. The molecular weight excluding hydrogens is 386 g/mol. The molecule has 3 heterocycles. The molecule has 0 radical (unpaired) electrons. The van der Waals surface area contributed by atoms with Crippen LogP contribution in [0.1, 0.15) is 51.1 Å². The maximum Gasteiger partial charge on any atom is 0.306 e. The van der Waals surface area contributed by atoms with E-state index in [4.69, 9.17) is 15.2 Å². The number of hydrogen-bond acceptors (Lipinski definition) is 8. The predicted octanol–water partition coefficient (Wildman–Crippen LogP) is 1.94. The lowest BCUT2D eigenvalue weighted by atomic mass is 9.81. The second kappa shape index (κ2) is 8.20. The van der Waals surface area contributed by atoms with Gasteiger partial charge in [-0.2, -0.15) is 10.4 Å². The number of ether oxygens (including phenoxy) is 2. The molecule has 30 heavy (non-hydrogen) atoms. The van der Waals surface area contributed by atoms with Crippen molar-refractivity contribution < 1.29 is 19.4 Å². The van der Waals surface area contributed by atoms with Gasteiger partial charge in [-0.15, -0.1) is 0 Å². The summed E-state index contributed by atoms with van der Waals surface area (Å²) in [7, 11) is 0. The number of rotatable bonds is 5. The second-order valence-electron chi connectivity index (χ2n) is 8.51. The number of esters is 1. The zero-order chi connectivity index (χ0) is 21.3. The van der Waals surface area contributed by atoms with Crippen molar-refractivity contribution in [2.24, 2.45) is 11.8 Å². The van der Waals surface area contributed by atoms with Gasteiger partial charge in [-0.25, -0.2) is 9.50 Å². The predicted molar refractivity (Wildman–Crippen MR) is 107 cm³/mol. The molecule has 4 rings (SSSR count). The molecule has 2 aliphatic rings. The summed E-state index contributed by atoms with van der Waals surface area (Å²) in [4.78, 5) is 16.2. The third-order valence-electron chi connectivity index (χ3n) is 6.36. The topological polar surface area (TPSA) is 136 Å². The van der Waals surface area contributed by atoms with E-state index in [1.165, 1.54) is 10.8 Å². The molecule has 0 amide bonds. The van der Waals surface area contributed by atoms with E-state index >= 15 is 0 Å². The molecule has 1 saturated heterocycles. The molecule has 2 fully saturated rings. The van der Waals surface area contributed by atoms with Gasteiger partial charge >= 0.3 is 5.97 Å². The minimum atomic E-state index is -1.62. The molecular formula is C21H27N5O4. The Morgan fingerprint density at radius 2 is 2.20 bits per heavy atom. The lowest BCUT2D eigenvalue weighted by Gasteiger charge is -2.25. The fraction of sp³-hybridized carbons (Fsp3) is 0.619. The van der Waals surface area contributed by atoms with Crippen molar-refractivity contribution in [1.82, 2.24) is 14.6 Å². The van der Waals surface area contributed by atoms with Gasteiger partial charge in [0.25, 0.3) is 0 Å². The summed E-state index contributed by atoms with van der Waals surface area (Å²) in [5.41, 5.74) is 5.13. The minimum absolute atomic E-state index is 0.00285. The van der Waals surface area contributed by atoms with Crippen molar-refractivity contribution in [3.8, 4) is 6.07 Å². The standard InChI is InChI=1S/C21H27N5O4/c1-13-2-4-14(5-3-13)8-19(28)29-10-15-9-18(27)21(11-22,30-15)17-7-6-16-20(23)24-12-25-26(16)17/h6-7,12-15,18,27H,2-5,8-10H2,1H3,(H2,23,24,25)/t13?,14?,15?,18-,21+/m1/s1. The highest BCUT2D eigenvalue weighted by molar-refractivity contribution is 5.69. The van der Waals surface area contributed by atoms with Gasteiger partial charge in [0.15, 0.2) is 5.82 Å². The summed E-state index contributed by atoms with van der Waals surface area (Å²) < 4.78 is 12.8. The number of hydrogen-bond donors (Lipinski definition) is 2. The molecule has 160 valence electrons. The van der Waals surface area contributed by atoms with E-state index in [0.29, 0.717) is 23.5 Å². The maximum atomic E-state index is 12.3. The van der Waals surface area contributed by atoms with E-state index in [1.54, 1.807) is 12.1 Å². The van der Waals surface area contributed by atoms with Crippen LogP contribution in [0.5, 0.6) is 0 Å². The molecule has 1 aliphatic carbocycles. The third-order valence-corrected chi connectivity index (χ3v) is 6.36. The number of nitriles is 1. The van der Waals surface area contributed by atoms with Crippen LogP contribution >= 0.6 is 0 Å². The molecule has 0 bridgehead atoms. The third kappa shape index (κ3) is 3.73. The number of nitrogens with two attached hydrogens (primary N) is 1. The molecule has 1 saturated carbocycles. The molecule has 9 nitrogen and oxygen atoms in total. The minimum Gasteiger partial charge on any atom is -0.463 e. The van der Waals surface area contributed by atoms with Crippen LogP contribution in [0, 0.1) is 23.2 Å². The number of carbonyl (C=O) groups excluding carboxylic acids is 1. The highest BCUT2D eigenvalue weighted by atomic mass is 16.6. The Balaban J connectivity index is 1.41. The summed E-state index contributed by atoms with van der Waals surface area (Å²) in [6.07, 6.45) is 4.60. The van der Waals surface area contributed by atoms with E-state index in [2.05, 4.69) is 23.1 Å². The van der Waals surface area contributed by atoms with Crippen LogP contribution < -0.4 is 5.73 Å². The number of fused-ring (bicyclic) bond motifs is 1. The van der Waals surface area contributed by atoms with Crippen molar-refractivity contribution in [2.75, 3.05) is 12.3 Å². The highest BCUT2D eigenvalue weighted by Gasteiger charge is 2.52. The van der Waals surface area contributed by atoms with Crippen molar-refractivity contribution in [3.05, 3.63) is 24.2 Å². The lowest BCUT2D eigenvalue weighted by molar-refractivity contribution is -0.150. The molecule has 2 aromatic heterocycles. The monoisotopic (exact) mass is 413 g/mol. The molecule has 3 atom stereocenters. The Hall–Kier alpha value is -2.70. The van der Waals surface area contributed by atoms with E-state index in [9.17, 15) is 15.2 Å². The first-order valence-electron chi connectivity index (χ1n) is 10.4. The Kier molecular flexibility index (Phi) is 5.62. The molecule has 1 unspecified atom stereocenters. The zero-order valence-corrected chi connectivity index (χ0v) is 17.0. The van der Waals surface area contributed by atoms with Crippen LogP contribution in [0.3, 0.4) is 0 Å². The number of carbonyl (C=O) groups is 1. The molecule has 9 heteroatoms. The van der Waals surface area contributed by atoms with Crippen LogP contribution in [0.4, 0.5) is 5.82 Å². The van der Waals surface area contributed by atoms with Crippen LogP contribution in [0.2, 0.25) is 0 Å². The maximum absolute atomic E-state index is 12.3. The average Bonchev–Trinajstić information content (AvgIpc) is 3.31. The van der Waals surface area contributed by atoms with Crippen molar-refractivity contribution in [1.29, 1.82) is 5.26 Å². The van der Waals surface area contributed by atoms with Gasteiger partial charge in [0.2, 0.25) is 5.60 Å². The van der Waals surface area contributed by atoms with E-state index in [1.807, 2.05) is 0 Å². The molecule has 3 N–H and O–H groups in total. The summed E-state index contributed by atoms with van der Waals surface area (Å²) in [5.74, 6) is 1.12. The summed E-state index contributed by atoms with van der Waals surface area (Å²) in [6.45, 7) is 2.25. The Morgan fingerprint density at radius 3 is 2.93 bits per heavy atom. The summed E-state index contributed by atoms with van der Waals surface area (Å²) >= 11 is 0. The van der Waals surface area contributed by atoms with Gasteiger partial charge in [-0.05, 0) is 36.8 Å².